The van der Waals surface area contributed by atoms with Crippen molar-refractivity contribution in [3.63, 3.8) is 0 Å². The Bertz CT molecular complexity index is 254. The van der Waals surface area contributed by atoms with E-state index in [0.717, 1.165) is 12.5 Å². The summed E-state index contributed by atoms with van der Waals surface area (Å²) in [5.41, 5.74) is 0.466. The smallest absolute Gasteiger partial charge is 0.333 e. The quantitative estimate of drug-likeness (QED) is 0.579. The summed E-state index contributed by atoms with van der Waals surface area (Å²) in [5, 5.41) is 7.60. The van der Waals surface area contributed by atoms with Crippen molar-refractivity contribution in [1.82, 2.24) is 0 Å². The maximum atomic E-state index is 10.8. The van der Waals surface area contributed by atoms with E-state index in [4.69, 9.17) is 9.84 Å². The van der Waals surface area contributed by atoms with Crippen LogP contribution in [0.4, 0.5) is 0 Å². The van der Waals surface area contributed by atoms with Crippen LogP contribution < -0.4 is 0 Å². The normalized spacial score (nSPS) is 8.75. The molecule has 0 amide bonds. The average Bonchev–Trinajstić information content (AvgIpc) is 2.17. The predicted octanol–water partition coefficient (Wildman–Crippen LogP) is 2.41. The second kappa shape index (κ2) is 9.96. The van der Waals surface area contributed by atoms with Crippen LogP contribution in [0.2, 0.25) is 0 Å². The topological polar surface area (TPSA) is 63.6 Å². The Labute approximate surface area is 96.6 Å². The standard InChI is InChI=1S/C9H16O2.C3H4O2/c1-7(2)5-6-11-9(10)8(3)4;1-2-3(4)5/h7H,3,5-6H2,1-2,4H3;2H,1H2,(H,4,5). The van der Waals surface area contributed by atoms with Gasteiger partial charge in [0.15, 0.2) is 0 Å². The van der Waals surface area contributed by atoms with Crippen LogP contribution in [0.15, 0.2) is 24.8 Å². The van der Waals surface area contributed by atoms with Crippen molar-refractivity contribution in [2.45, 2.75) is 27.2 Å². The monoisotopic (exact) mass is 228 g/mol. The summed E-state index contributed by atoms with van der Waals surface area (Å²) in [6.45, 7) is 12.8. The minimum atomic E-state index is -0.981. The highest BCUT2D eigenvalue weighted by molar-refractivity contribution is 5.86. The highest BCUT2D eigenvalue weighted by Crippen LogP contribution is 2.00. The van der Waals surface area contributed by atoms with E-state index in [1.165, 1.54) is 0 Å². The summed E-state index contributed by atoms with van der Waals surface area (Å²) >= 11 is 0. The van der Waals surface area contributed by atoms with Crippen LogP contribution >= 0.6 is 0 Å². The van der Waals surface area contributed by atoms with E-state index in [9.17, 15) is 9.59 Å². The first kappa shape index (κ1) is 16.8. The Morgan fingerprint density at radius 2 is 1.88 bits per heavy atom. The molecular formula is C12H20O4. The number of carbonyl (C=O) groups is 2. The van der Waals surface area contributed by atoms with Gasteiger partial charge in [0.2, 0.25) is 0 Å². The maximum absolute atomic E-state index is 10.8. The van der Waals surface area contributed by atoms with E-state index in [2.05, 4.69) is 27.0 Å². The van der Waals surface area contributed by atoms with E-state index in [1.54, 1.807) is 6.92 Å². The fraction of sp³-hybridized carbons (Fsp3) is 0.500. The molecule has 0 atom stereocenters. The van der Waals surface area contributed by atoms with Crippen molar-refractivity contribution in [3.05, 3.63) is 24.8 Å². The average molecular weight is 228 g/mol. The van der Waals surface area contributed by atoms with Crippen molar-refractivity contribution >= 4 is 11.9 Å². The minimum Gasteiger partial charge on any atom is -0.478 e. The Kier molecular flexibility index (Phi) is 10.5. The molecule has 4 heteroatoms. The molecule has 4 nitrogen and oxygen atoms in total. The lowest BCUT2D eigenvalue weighted by molar-refractivity contribution is -0.139. The van der Waals surface area contributed by atoms with Crippen LogP contribution in [0.1, 0.15) is 27.2 Å². The third kappa shape index (κ3) is 14.9. The molecule has 16 heavy (non-hydrogen) atoms. The van der Waals surface area contributed by atoms with Crippen molar-refractivity contribution in [3.8, 4) is 0 Å². The van der Waals surface area contributed by atoms with Gasteiger partial charge >= 0.3 is 11.9 Å². The second-order valence-electron chi connectivity index (χ2n) is 3.64. The number of aliphatic carboxylic acids is 1. The van der Waals surface area contributed by atoms with Gasteiger partial charge in [-0.25, -0.2) is 9.59 Å². The number of carboxylic acids is 1. The number of esters is 1. The number of rotatable bonds is 5. The van der Waals surface area contributed by atoms with Gasteiger partial charge in [-0.1, -0.05) is 27.0 Å². The molecule has 0 saturated carbocycles. The van der Waals surface area contributed by atoms with E-state index in [0.29, 0.717) is 18.1 Å². The molecule has 0 unspecified atom stereocenters. The Morgan fingerprint density at radius 1 is 1.44 bits per heavy atom. The van der Waals surface area contributed by atoms with Gasteiger partial charge in [-0.2, -0.15) is 0 Å². The summed E-state index contributed by atoms with van der Waals surface area (Å²) in [7, 11) is 0. The Balaban J connectivity index is 0. The SMILES string of the molecule is C=C(C)C(=O)OCCC(C)C.C=CC(=O)O. The van der Waals surface area contributed by atoms with Gasteiger partial charge in [0, 0.05) is 11.6 Å². The summed E-state index contributed by atoms with van der Waals surface area (Å²) < 4.78 is 4.88. The largest absolute Gasteiger partial charge is 0.478 e. The van der Waals surface area contributed by atoms with Crippen molar-refractivity contribution in [1.29, 1.82) is 0 Å². The van der Waals surface area contributed by atoms with Crippen LogP contribution in [-0.2, 0) is 14.3 Å². The number of hydrogen-bond acceptors (Lipinski definition) is 3. The highest BCUT2D eigenvalue weighted by Gasteiger charge is 2.02. The Morgan fingerprint density at radius 3 is 2.12 bits per heavy atom. The van der Waals surface area contributed by atoms with Crippen molar-refractivity contribution in [2.24, 2.45) is 5.92 Å². The molecule has 0 rings (SSSR count). The van der Waals surface area contributed by atoms with Gasteiger partial charge in [0.05, 0.1) is 6.61 Å². The zero-order valence-corrected chi connectivity index (χ0v) is 10.2. The number of ether oxygens (including phenoxy) is 1. The number of carbonyl (C=O) groups excluding carboxylic acids is 1. The number of hydrogen-bond donors (Lipinski definition) is 1. The zero-order chi connectivity index (χ0) is 13.1. The molecule has 0 radical (unpaired) electrons. The molecule has 0 bridgehead atoms. The van der Waals surface area contributed by atoms with E-state index in [1.807, 2.05) is 0 Å². The fourth-order valence-electron chi connectivity index (χ4n) is 0.511. The van der Waals surface area contributed by atoms with Crippen LogP contribution in [0, 0.1) is 5.92 Å². The zero-order valence-electron chi connectivity index (χ0n) is 10.2. The van der Waals surface area contributed by atoms with Gasteiger partial charge in [0.25, 0.3) is 0 Å². The predicted molar refractivity (Wildman–Crippen MR) is 63.1 cm³/mol. The first-order valence-corrected chi connectivity index (χ1v) is 4.99. The molecule has 0 saturated heterocycles. The third-order valence-electron chi connectivity index (χ3n) is 1.45. The molecule has 0 aliphatic rings. The van der Waals surface area contributed by atoms with E-state index < -0.39 is 5.97 Å². The van der Waals surface area contributed by atoms with Crippen LogP contribution in [0.3, 0.4) is 0 Å². The van der Waals surface area contributed by atoms with E-state index in [-0.39, 0.29) is 5.97 Å². The molecule has 1 N–H and O–H groups in total. The molecule has 0 aliphatic heterocycles. The van der Waals surface area contributed by atoms with Crippen LogP contribution in [-0.4, -0.2) is 23.7 Å². The van der Waals surface area contributed by atoms with Gasteiger partial charge in [-0.05, 0) is 19.3 Å². The lowest BCUT2D eigenvalue weighted by Crippen LogP contribution is -2.07. The maximum Gasteiger partial charge on any atom is 0.333 e. The van der Waals surface area contributed by atoms with Gasteiger partial charge in [-0.3, -0.25) is 0 Å². The first-order chi connectivity index (χ1) is 7.31. The van der Waals surface area contributed by atoms with Gasteiger partial charge in [0.1, 0.15) is 0 Å². The summed E-state index contributed by atoms with van der Waals surface area (Å²) in [6.07, 6.45) is 1.75. The van der Waals surface area contributed by atoms with Crippen LogP contribution in [0.5, 0.6) is 0 Å². The van der Waals surface area contributed by atoms with Crippen molar-refractivity contribution in [2.75, 3.05) is 6.61 Å². The second-order valence-corrected chi connectivity index (χ2v) is 3.64. The molecule has 92 valence electrons. The van der Waals surface area contributed by atoms with Crippen LogP contribution in [0.25, 0.3) is 0 Å². The molecule has 0 spiro atoms. The summed E-state index contributed by atoms with van der Waals surface area (Å²) in [4.78, 5) is 20.1. The van der Waals surface area contributed by atoms with E-state index >= 15 is 0 Å². The fourth-order valence-corrected chi connectivity index (χ4v) is 0.511. The molecule has 0 aromatic rings. The third-order valence-corrected chi connectivity index (χ3v) is 1.45. The first-order valence-electron chi connectivity index (χ1n) is 4.99. The molecule has 0 heterocycles. The molecule has 0 aliphatic carbocycles. The summed E-state index contributed by atoms with van der Waals surface area (Å²) in [6, 6.07) is 0. The minimum absolute atomic E-state index is 0.286. The number of carboxylic acid groups (broad SMARTS) is 1. The lowest BCUT2D eigenvalue weighted by atomic mass is 10.1. The van der Waals surface area contributed by atoms with Gasteiger partial charge in [-0.15, -0.1) is 0 Å². The molecular weight excluding hydrogens is 208 g/mol. The van der Waals surface area contributed by atoms with Gasteiger partial charge < -0.3 is 9.84 Å². The lowest BCUT2D eigenvalue weighted by Gasteiger charge is -2.05. The van der Waals surface area contributed by atoms with Crippen molar-refractivity contribution < 1.29 is 19.4 Å². The summed E-state index contributed by atoms with van der Waals surface area (Å²) in [5.74, 6) is -0.691. The highest BCUT2D eigenvalue weighted by atomic mass is 16.5. The molecule has 0 aromatic heterocycles. The molecule has 0 fully saturated rings. The Hall–Kier alpha value is -1.58. The molecule has 0 aromatic carbocycles.